The third-order valence-electron chi connectivity index (χ3n) is 5.18. The van der Waals surface area contributed by atoms with Gasteiger partial charge in [-0.05, 0) is 62.7 Å². The number of carbonyl (C=O) groups is 2. The summed E-state index contributed by atoms with van der Waals surface area (Å²) < 4.78 is 16.2. The van der Waals surface area contributed by atoms with Crippen LogP contribution in [0.1, 0.15) is 37.9 Å². The molecule has 1 saturated heterocycles. The van der Waals surface area contributed by atoms with Gasteiger partial charge in [0.1, 0.15) is 11.5 Å². The van der Waals surface area contributed by atoms with Crippen molar-refractivity contribution in [1.82, 2.24) is 4.90 Å². The molecule has 2 N–H and O–H groups in total. The Bertz CT molecular complexity index is 1040. The van der Waals surface area contributed by atoms with E-state index < -0.39 is 17.7 Å². The van der Waals surface area contributed by atoms with Crippen LogP contribution < -0.4 is 9.47 Å². The van der Waals surface area contributed by atoms with Gasteiger partial charge in [0.2, 0.25) is 0 Å². The molecule has 0 unspecified atom stereocenters. The van der Waals surface area contributed by atoms with Gasteiger partial charge in [-0.25, -0.2) is 0 Å². The number of phenols is 1. The molecule has 1 aliphatic heterocycles. The van der Waals surface area contributed by atoms with Crippen LogP contribution in [0.3, 0.4) is 0 Å². The van der Waals surface area contributed by atoms with Gasteiger partial charge >= 0.3 is 0 Å². The number of rotatable bonds is 9. The van der Waals surface area contributed by atoms with E-state index in [2.05, 4.69) is 0 Å². The first-order valence-corrected chi connectivity index (χ1v) is 10.8. The molecule has 0 saturated carbocycles. The van der Waals surface area contributed by atoms with Crippen LogP contribution in [0.2, 0.25) is 0 Å². The Kier molecular flexibility index (Phi) is 7.60. The molecule has 3 rings (SSSR count). The van der Waals surface area contributed by atoms with Crippen molar-refractivity contribution in [2.45, 2.75) is 32.9 Å². The predicted molar refractivity (Wildman–Crippen MR) is 122 cm³/mol. The van der Waals surface area contributed by atoms with Gasteiger partial charge in [0.05, 0.1) is 30.9 Å². The number of hydrogen-bond donors (Lipinski definition) is 2. The maximum atomic E-state index is 13.0. The van der Waals surface area contributed by atoms with Gasteiger partial charge in [0.15, 0.2) is 11.5 Å². The number of methoxy groups -OCH3 is 1. The van der Waals surface area contributed by atoms with E-state index in [1.54, 1.807) is 43.3 Å². The van der Waals surface area contributed by atoms with E-state index >= 15 is 0 Å². The van der Waals surface area contributed by atoms with E-state index in [4.69, 9.17) is 14.2 Å². The molecule has 8 nitrogen and oxygen atoms in total. The molecule has 2 aromatic rings. The number of likely N-dealkylation sites (tertiary alicyclic amines) is 1. The summed E-state index contributed by atoms with van der Waals surface area (Å²) in [7, 11) is 1.50. The third kappa shape index (κ3) is 5.12. The van der Waals surface area contributed by atoms with Crippen LogP contribution >= 0.6 is 0 Å². The van der Waals surface area contributed by atoms with Crippen molar-refractivity contribution in [3.05, 3.63) is 59.2 Å². The lowest BCUT2D eigenvalue weighted by atomic mass is 9.95. The molecule has 1 fully saturated rings. The molecule has 8 heteroatoms. The lowest BCUT2D eigenvalue weighted by Crippen LogP contribution is -2.32. The highest BCUT2D eigenvalue weighted by Crippen LogP contribution is 2.41. The minimum Gasteiger partial charge on any atom is -0.507 e. The summed E-state index contributed by atoms with van der Waals surface area (Å²) in [6, 6.07) is 10.4. The molecule has 1 amide bonds. The van der Waals surface area contributed by atoms with E-state index in [0.717, 1.165) is 0 Å². The highest BCUT2D eigenvalue weighted by atomic mass is 16.5. The van der Waals surface area contributed by atoms with Crippen molar-refractivity contribution in [3.63, 3.8) is 0 Å². The van der Waals surface area contributed by atoms with E-state index in [1.807, 2.05) is 13.8 Å². The molecule has 1 heterocycles. The molecule has 1 atom stereocenters. The number of carbonyl (C=O) groups excluding carboxylic acids is 2. The molecule has 0 aliphatic carbocycles. The number of ketones is 1. The van der Waals surface area contributed by atoms with E-state index in [9.17, 15) is 19.8 Å². The molecule has 0 aromatic heterocycles. The number of aliphatic hydroxyl groups is 1. The summed E-state index contributed by atoms with van der Waals surface area (Å²) in [6.07, 6.45) is -0.00964. The number of aliphatic hydroxyl groups excluding tert-OH is 1. The van der Waals surface area contributed by atoms with Crippen molar-refractivity contribution in [1.29, 1.82) is 0 Å². The third-order valence-corrected chi connectivity index (χ3v) is 5.18. The Morgan fingerprint density at radius 2 is 1.82 bits per heavy atom. The monoisotopic (exact) mass is 455 g/mol. The Labute approximate surface area is 193 Å². The number of hydrogen-bond acceptors (Lipinski definition) is 7. The average Bonchev–Trinajstić information content (AvgIpc) is 3.03. The standard InChI is InChI=1S/C25H29NO7/c1-5-32-20-14-17(8-11-19(20)27)22-21(24(29)25(30)26(22)12-13-31-4)23(28)16-6-9-18(10-7-16)33-15(2)3/h6-11,14-15,22,27-28H,5,12-13H2,1-4H3/t22-/m0/s1. The smallest absolute Gasteiger partial charge is 0.295 e. The topological polar surface area (TPSA) is 106 Å². The van der Waals surface area contributed by atoms with Crippen molar-refractivity contribution in [3.8, 4) is 17.2 Å². The number of ether oxygens (including phenoxy) is 3. The second-order valence-corrected chi connectivity index (χ2v) is 7.84. The van der Waals surface area contributed by atoms with Gasteiger partial charge < -0.3 is 29.3 Å². The summed E-state index contributed by atoms with van der Waals surface area (Å²) >= 11 is 0. The van der Waals surface area contributed by atoms with Crippen molar-refractivity contribution < 1.29 is 34.0 Å². The molecule has 176 valence electrons. The lowest BCUT2D eigenvalue weighted by Gasteiger charge is -2.25. The number of Topliss-reactive ketones (excluding diaryl/α,β-unsaturated/α-hetero) is 1. The highest BCUT2D eigenvalue weighted by molar-refractivity contribution is 6.46. The quantitative estimate of drug-likeness (QED) is 0.338. The second kappa shape index (κ2) is 10.4. The second-order valence-electron chi connectivity index (χ2n) is 7.84. The summed E-state index contributed by atoms with van der Waals surface area (Å²) in [4.78, 5) is 27.2. The minimum atomic E-state index is -0.869. The normalized spacial score (nSPS) is 17.6. The largest absolute Gasteiger partial charge is 0.507 e. The summed E-state index contributed by atoms with van der Waals surface area (Å²) in [5, 5.41) is 21.2. The molecular formula is C25H29NO7. The first kappa shape index (κ1) is 24.1. The molecule has 2 aromatic carbocycles. The summed E-state index contributed by atoms with van der Waals surface area (Å²) in [5.74, 6) is -1.02. The Hall–Kier alpha value is -3.52. The maximum absolute atomic E-state index is 13.0. The van der Waals surface area contributed by atoms with Crippen LogP contribution in [0.15, 0.2) is 48.0 Å². The number of nitrogens with zero attached hydrogens (tertiary/aromatic N) is 1. The van der Waals surface area contributed by atoms with E-state index in [0.29, 0.717) is 23.5 Å². The summed E-state index contributed by atoms with van der Waals surface area (Å²) in [5.41, 5.74) is 0.860. The zero-order valence-electron chi connectivity index (χ0n) is 19.2. The van der Waals surface area contributed by atoms with Gasteiger partial charge in [0, 0.05) is 19.2 Å². The number of aromatic hydroxyl groups is 1. The fourth-order valence-corrected chi connectivity index (χ4v) is 3.74. The van der Waals surface area contributed by atoms with Crippen molar-refractivity contribution in [2.75, 3.05) is 26.9 Å². The SMILES string of the molecule is CCOc1cc([C@H]2C(=C(O)c3ccc(OC(C)C)cc3)C(=O)C(=O)N2CCOC)ccc1O. The van der Waals surface area contributed by atoms with Gasteiger partial charge in [-0.15, -0.1) is 0 Å². The zero-order chi connectivity index (χ0) is 24.1. The summed E-state index contributed by atoms with van der Waals surface area (Å²) in [6.45, 7) is 6.28. The molecule has 0 bridgehead atoms. The fourth-order valence-electron chi connectivity index (χ4n) is 3.74. The van der Waals surface area contributed by atoms with Crippen LogP contribution in [-0.2, 0) is 14.3 Å². The van der Waals surface area contributed by atoms with Gasteiger partial charge in [0.25, 0.3) is 11.7 Å². The predicted octanol–water partition coefficient (Wildman–Crippen LogP) is 3.65. The molecule has 1 aliphatic rings. The average molecular weight is 456 g/mol. The number of phenolic OH excluding ortho intramolecular Hbond substituents is 1. The first-order chi connectivity index (χ1) is 15.8. The van der Waals surface area contributed by atoms with Crippen molar-refractivity contribution >= 4 is 17.4 Å². The molecular weight excluding hydrogens is 426 g/mol. The van der Waals surface area contributed by atoms with Crippen LogP contribution in [0.5, 0.6) is 17.2 Å². The Balaban J connectivity index is 2.11. The zero-order valence-corrected chi connectivity index (χ0v) is 19.2. The first-order valence-electron chi connectivity index (χ1n) is 10.8. The van der Waals surface area contributed by atoms with E-state index in [1.165, 1.54) is 18.1 Å². The molecule has 0 spiro atoms. The molecule has 0 radical (unpaired) electrons. The van der Waals surface area contributed by atoms with Crippen LogP contribution in [0.4, 0.5) is 0 Å². The van der Waals surface area contributed by atoms with Crippen LogP contribution in [0.25, 0.3) is 5.76 Å². The Morgan fingerprint density at radius 1 is 1.12 bits per heavy atom. The van der Waals surface area contributed by atoms with Gasteiger partial charge in [-0.2, -0.15) is 0 Å². The highest BCUT2D eigenvalue weighted by Gasteiger charge is 2.46. The Morgan fingerprint density at radius 3 is 2.42 bits per heavy atom. The van der Waals surface area contributed by atoms with E-state index in [-0.39, 0.29) is 42.1 Å². The number of benzene rings is 2. The maximum Gasteiger partial charge on any atom is 0.295 e. The molecule has 33 heavy (non-hydrogen) atoms. The van der Waals surface area contributed by atoms with Gasteiger partial charge in [-0.1, -0.05) is 6.07 Å². The minimum absolute atomic E-state index is 0.00964. The van der Waals surface area contributed by atoms with Gasteiger partial charge in [-0.3, -0.25) is 9.59 Å². The lowest BCUT2D eigenvalue weighted by molar-refractivity contribution is -0.140. The fraction of sp³-hybridized carbons (Fsp3) is 0.360. The van der Waals surface area contributed by atoms with Crippen molar-refractivity contribution in [2.24, 2.45) is 0 Å². The number of amides is 1. The van der Waals surface area contributed by atoms with Crippen LogP contribution in [0, 0.1) is 0 Å². The van der Waals surface area contributed by atoms with Crippen LogP contribution in [-0.4, -0.2) is 59.8 Å².